The molecule has 1 aromatic carbocycles. The summed E-state index contributed by atoms with van der Waals surface area (Å²) in [6.45, 7) is 0.794. The van der Waals surface area contributed by atoms with Crippen LogP contribution in [0.5, 0.6) is 0 Å². The van der Waals surface area contributed by atoms with E-state index in [1.807, 2.05) is 30.3 Å². The van der Waals surface area contributed by atoms with E-state index in [2.05, 4.69) is 0 Å². The predicted octanol–water partition coefficient (Wildman–Crippen LogP) is 1.31. The van der Waals surface area contributed by atoms with Gasteiger partial charge < -0.3 is 11.5 Å². The smallest absolute Gasteiger partial charge is 0.251 e. The molecule has 0 saturated carbocycles. The number of thiophene rings is 1. The Kier molecular flexibility index (Phi) is 5.79. The first-order chi connectivity index (χ1) is 11.8. The van der Waals surface area contributed by atoms with Crippen molar-refractivity contribution < 1.29 is 19.2 Å². The summed E-state index contributed by atoms with van der Waals surface area (Å²) < 4.78 is 0. The summed E-state index contributed by atoms with van der Waals surface area (Å²) in [4.78, 5) is 49.1. The van der Waals surface area contributed by atoms with Gasteiger partial charge in [-0.1, -0.05) is 30.3 Å². The fourth-order valence-electron chi connectivity index (χ4n) is 2.22. The number of nitrogens with zero attached hydrogens (tertiary/aromatic N) is 1. The highest BCUT2D eigenvalue weighted by atomic mass is 32.1. The molecular weight excluding hydrogens is 342 g/mol. The summed E-state index contributed by atoms with van der Waals surface area (Å²) in [5.41, 5.74) is 11.6. The molecule has 8 heteroatoms. The van der Waals surface area contributed by atoms with E-state index in [0.717, 1.165) is 21.8 Å². The van der Waals surface area contributed by atoms with Crippen LogP contribution in [0, 0.1) is 0 Å². The molecule has 4 N–H and O–H groups in total. The normalized spacial score (nSPS) is 10.3. The molecule has 0 atom stereocenters. The Labute approximate surface area is 148 Å². The summed E-state index contributed by atoms with van der Waals surface area (Å²) >= 11 is 1.06. The maximum atomic E-state index is 12.4. The van der Waals surface area contributed by atoms with E-state index in [0.29, 0.717) is 4.88 Å². The van der Waals surface area contributed by atoms with Gasteiger partial charge in [0.2, 0.25) is 11.8 Å². The minimum absolute atomic E-state index is 0.0301. The Morgan fingerprint density at radius 2 is 1.72 bits per heavy atom. The molecular formula is C17H17N3O4S. The first-order valence-corrected chi connectivity index (χ1v) is 8.21. The molecule has 0 unspecified atom stereocenters. The Morgan fingerprint density at radius 1 is 1.08 bits per heavy atom. The van der Waals surface area contributed by atoms with E-state index < -0.39 is 36.5 Å². The molecule has 0 aliphatic rings. The van der Waals surface area contributed by atoms with Crippen LogP contribution in [0.4, 0.5) is 5.00 Å². The maximum Gasteiger partial charge on any atom is 0.251 e. The topological polar surface area (TPSA) is 124 Å². The summed E-state index contributed by atoms with van der Waals surface area (Å²) in [5.74, 6) is -2.64. The quantitative estimate of drug-likeness (QED) is 0.753. The summed E-state index contributed by atoms with van der Waals surface area (Å²) in [6, 6.07) is 10.7. The lowest BCUT2D eigenvalue weighted by Gasteiger charge is -2.19. The second kappa shape index (κ2) is 7.82. The van der Waals surface area contributed by atoms with Gasteiger partial charge in [0.25, 0.3) is 5.91 Å². The summed E-state index contributed by atoms with van der Waals surface area (Å²) in [5, 5.41) is 0.0769. The number of nitrogens with two attached hydrogens (primary N) is 2. The van der Waals surface area contributed by atoms with Gasteiger partial charge in [-0.2, -0.15) is 0 Å². The van der Waals surface area contributed by atoms with E-state index in [1.54, 1.807) is 0 Å². The Bertz CT molecular complexity index is 830. The largest absolute Gasteiger partial charge is 0.366 e. The van der Waals surface area contributed by atoms with Gasteiger partial charge in [0.05, 0.1) is 18.5 Å². The maximum absolute atomic E-state index is 12.4. The second-order valence-electron chi connectivity index (χ2n) is 5.27. The SMILES string of the molecule is CC(=O)CC(=O)N(C(=O)CN)c1sc(-c2ccccc2)cc1C(N)=O. The Balaban J connectivity index is 2.57. The van der Waals surface area contributed by atoms with Crippen molar-refractivity contribution in [3.8, 4) is 10.4 Å². The standard InChI is InChI=1S/C17H17N3O4S/c1-10(21)7-14(22)20(15(23)9-18)17-12(16(19)24)8-13(25-17)11-5-3-2-4-6-11/h2-6,8H,7,9,18H2,1H3,(H2,19,24). The number of amides is 3. The monoisotopic (exact) mass is 359 g/mol. The molecule has 0 bridgehead atoms. The lowest BCUT2D eigenvalue weighted by atomic mass is 10.1. The van der Waals surface area contributed by atoms with Crippen LogP contribution in [0.3, 0.4) is 0 Å². The molecule has 3 amide bonds. The number of carbonyl (C=O) groups excluding carboxylic acids is 4. The van der Waals surface area contributed by atoms with Crippen molar-refractivity contribution in [3.05, 3.63) is 42.0 Å². The van der Waals surface area contributed by atoms with Crippen LogP contribution in [0.15, 0.2) is 36.4 Å². The number of benzene rings is 1. The predicted molar refractivity (Wildman–Crippen MR) is 95.1 cm³/mol. The zero-order valence-electron chi connectivity index (χ0n) is 13.5. The molecule has 0 aliphatic heterocycles. The van der Waals surface area contributed by atoms with Crippen molar-refractivity contribution in [2.75, 3.05) is 11.4 Å². The third-order valence-electron chi connectivity index (χ3n) is 3.31. The van der Waals surface area contributed by atoms with Crippen molar-refractivity contribution in [2.24, 2.45) is 11.5 Å². The molecule has 1 heterocycles. The van der Waals surface area contributed by atoms with Gasteiger partial charge in [-0.3, -0.25) is 19.2 Å². The lowest BCUT2D eigenvalue weighted by Crippen LogP contribution is -2.42. The van der Waals surface area contributed by atoms with Crippen LogP contribution < -0.4 is 16.4 Å². The number of hydrogen-bond donors (Lipinski definition) is 2. The van der Waals surface area contributed by atoms with Gasteiger partial charge in [0, 0.05) is 4.88 Å². The van der Waals surface area contributed by atoms with Gasteiger partial charge in [-0.15, -0.1) is 11.3 Å². The van der Waals surface area contributed by atoms with Crippen LogP contribution in [0.1, 0.15) is 23.7 Å². The van der Waals surface area contributed by atoms with Crippen molar-refractivity contribution in [1.29, 1.82) is 0 Å². The van der Waals surface area contributed by atoms with Crippen LogP contribution in [0.2, 0.25) is 0 Å². The third-order valence-corrected chi connectivity index (χ3v) is 4.48. The van der Waals surface area contributed by atoms with Crippen LogP contribution >= 0.6 is 11.3 Å². The van der Waals surface area contributed by atoms with E-state index in [4.69, 9.17) is 11.5 Å². The first-order valence-electron chi connectivity index (χ1n) is 7.39. The van der Waals surface area contributed by atoms with Gasteiger partial charge in [-0.05, 0) is 18.6 Å². The second-order valence-corrected chi connectivity index (χ2v) is 6.30. The molecule has 1 aromatic heterocycles. The zero-order chi connectivity index (χ0) is 18.6. The van der Waals surface area contributed by atoms with Crippen LogP contribution in [-0.2, 0) is 14.4 Å². The number of carbonyl (C=O) groups is 4. The molecule has 25 heavy (non-hydrogen) atoms. The van der Waals surface area contributed by atoms with E-state index >= 15 is 0 Å². The average molecular weight is 359 g/mol. The summed E-state index contributed by atoms with van der Waals surface area (Å²) in [6.07, 6.45) is -0.470. The lowest BCUT2D eigenvalue weighted by molar-refractivity contribution is -0.128. The molecule has 7 nitrogen and oxygen atoms in total. The number of imide groups is 1. The van der Waals surface area contributed by atoms with Crippen LogP contribution in [-0.4, -0.2) is 30.0 Å². The first kappa shape index (κ1) is 18.5. The van der Waals surface area contributed by atoms with Gasteiger partial charge in [0.15, 0.2) is 0 Å². The highest BCUT2D eigenvalue weighted by molar-refractivity contribution is 7.20. The number of anilines is 1. The molecule has 2 rings (SSSR count). The molecule has 130 valence electrons. The number of primary amides is 1. The highest BCUT2D eigenvalue weighted by Gasteiger charge is 2.29. The number of hydrogen-bond acceptors (Lipinski definition) is 6. The van der Waals surface area contributed by atoms with Crippen LogP contribution in [0.25, 0.3) is 10.4 Å². The molecule has 0 spiro atoms. The molecule has 0 fully saturated rings. The van der Waals surface area contributed by atoms with Crippen molar-refractivity contribution >= 4 is 39.8 Å². The van der Waals surface area contributed by atoms with E-state index in [-0.39, 0.29) is 10.6 Å². The molecule has 0 radical (unpaired) electrons. The zero-order valence-corrected chi connectivity index (χ0v) is 14.3. The molecule has 2 aromatic rings. The van der Waals surface area contributed by atoms with E-state index in [9.17, 15) is 19.2 Å². The van der Waals surface area contributed by atoms with Gasteiger partial charge in [0.1, 0.15) is 10.8 Å². The number of ketones is 1. The third kappa shape index (κ3) is 4.17. The summed E-state index contributed by atoms with van der Waals surface area (Å²) in [7, 11) is 0. The molecule has 0 aliphatic carbocycles. The van der Waals surface area contributed by atoms with Gasteiger partial charge in [-0.25, -0.2) is 4.90 Å². The fraction of sp³-hybridized carbons (Fsp3) is 0.176. The van der Waals surface area contributed by atoms with Crippen molar-refractivity contribution in [1.82, 2.24) is 0 Å². The van der Waals surface area contributed by atoms with E-state index in [1.165, 1.54) is 13.0 Å². The Hall–Kier alpha value is -2.84. The van der Waals surface area contributed by atoms with Gasteiger partial charge >= 0.3 is 0 Å². The van der Waals surface area contributed by atoms with Crippen molar-refractivity contribution in [2.45, 2.75) is 13.3 Å². The number of Topliss-reactive ketones (excluding diaryl/α,β-unsaturated/α-hetero) is 1. The van der Waals surface area contributed by atoms with Crippen molar-refractivity contribution in [3.63, 3.8) is 0 Å². The fourth-order valence-corrected chi connectivity index (χ4v) is 3.42. The Morgan fingerprint density at radius 3 is 2.24 bits per heavy atom. The highest BCUT2D eigenvalue weighted by Crippen LogP contribution is 2.38. The molecule has 0 saturated heterocycles. The average Bonchev–Trinajstić information content (AvgIpc) is 3.00. The minimum Gasteiger partial charge on any atom is -0.366 e. The minimum atomic E-state index is -0.779. The number of rotatable bonds is 6.